The summed E-state index contributed by atoms with van der Waals surface area (Å²) in [6, 6.07) is 9.60. The normalized spacial score (nSPS) is 12.8. The van der Waals surface area contributed by atoms with E-state index in [9.17, 15) is 32.7 Å². The highest BCUT2D eigenvalue weighted by atomic mass is 32.2. The number of thioether (sulfide) groups is 1. The van der Waals surface area contributed by atoms with Crippen molar-refractivity contribution in [3.63, 3.8) is 0 Å². The molecule has 0 aliphatic carbocycles. The van der Waals surface area contributed by atoms with Gasteiger partial charge in [0.1, 0.15) is 42.2 Å². The number of aliphatic carboxylic acids is 1. The van der Waals surface area contributed by atoms with Crippen LogP contribution in [-0.2, 0) is 43.9 Å². The van der Waals surface area contributed by atoms with Crippen LogP contribution in [0.4, 0.5) is 9.59 Å². The number of aryl methyl sites for hydroxylation is 1. The minimum absolute atomic E-state index is 0.0271. The number of imide groups is 1. The summed E-state index contributed by atoms with van der Waals surface area (Å²) < 4.78 is 50.8. The van der Waals surface area contributed by atoms with Crippen LogP contribution >= 0.6 is 11.8 Å². The van der Waals surface area contributed by atoms with Crippen LogP contribution in [0, 0.1) is 6.92 Å². The van der Waals surface area contributed by atoms with Crippen LogP contribution in [-0.4, -0.2) is 91.4 Å². The fourth-order valence-electron chi connectivity index (χ4n) is 4.01. The molecular formula is C33H44N4O12S2. The second-order valence-electron chi connectivity index (χ2n) is 13.0. The van der Waals surface area contributed by atoms with E-state index >= 15 is 0 Å². The van der Waals surface area contributed by atoms with E-state index in [0.717, 1.165) is 17.3 Å². The third kappa shape index (κ3) is 15.5. The number of carboxylic acid groups (broad SMARTS) is 1. The fourth-order valence-corrected chi connectivity index (χ4v) is 5.96. The predicted octanol–water partition coefficient (Wildman–Crippen LogP) is 6.25. The van der Waals surface area contributed by atoms with Crippen molar-refractivity contribution in [2.75, 3.05) is 25.6 Å². The third-order valence-electron chi connectivity index (χ3n) is 6.24. The standard InChI is InChI=1S/C33H44N4O12S2/c1-22-11-13-25(14-12-22)51(43,44)47-18-17-45-24-10-8-9-23(19-24)20-50-21-27(29(39)40)37(30(41)48-32(2,3)4)28(38)26(35-36-34)15-16-46-31(42)49-33(5,6)7/h8-14,19,26-27H,15-18,20-21H2,1-7H3,(H,39,40)/t26-,27?/m0/s1. The maximum atomic E-state index is 13.6. The molecule has 0 saturated heterocycles. The molecule has 0 saturated carbocycles. The SMILES string of the molecule is Cc1ccc(S(=O)(=O)OCCOc2cccc(CSCC(C(=O)O)N(C(=O)OC(C)(C)C)C(=O)[C@H](CCOC(=O)OC(C)(C)C)N=[N+]=[N-])c2)cc1. The lowest BCUT2D eigenvalue weighted by atomic mass is 10.1. The van der Waals surface area contributed by atoms with Crippen LogP contribution in [0.25, 0.3) is 10.4 Å². The van der Waals surface area contributed by atoms with Crippen molar-refractivity contribution in [1.82, 2.24) is 4.90 Å². The second kappa shape index (κ2) is 19.2. The van der Waals surface area contributed by atoms with Gasteiger partial charge in [-0.3, -0.25) is 8.98 Å². The van der Waals surface area contributed by atoms with Crippen molar-refractivity contribution in [3.8, 4) is 5.75 Å². The lowest BCUT2D eigenvalue weighted by Gasteiger charge is -2.31. The van der Waals surface area contributed by atoms with E-state index in [4.69, 9.17) is 28.7 Å². The van der Waals surface area contributed by atoms with Gasteiger partial charge in [0.25, 0.3) is 10.1 Å². The molecule has 0 bridgehead atoms. The van der Waals surface area contributed by atoms with E-state index in [1.165, 1.54) is 32.9 Å². The minimum atomic E-state index is -3.96. The Morgan fingerprint density at radius 3 is 2.20 bits per heavy atom. The number of nitrogens with zero attached hydrogens (tertiary/aromatic N) is 4. The molecule has 1 N–H and O–H groups in total. The maximum absolute atomic E-state index is 13.6. The summed E-state index contributed by atoms with van der Waals surface area (Å²) in [7, 11) is -3.96. The molecule has 2 aromatic rings. The first-order valence-electron chi connectivity index (χ1n) is 15.7. The van der Waals surface area contributed by atoms with Gasteiger partial charge in [-0.15, -0.1) is 0 Å². The molecule has 2 amide bonds. The zero-order valence-electron chi connectivity index (χ0n) is 29.6. The quantitative estimate of drug-likeness (QED) is 0.0472. The van der Waals surface area contributed by atoms with Gasteiger partial charge in [0.05, 0.1) is 11.5 Å². The van der Waals surface area contributed by atoms with E-state index in [1.54, 1.807) is 57.2 Å². The molecular weight excluding hydrogens is 709 g/mol. The van der Waals surface area contributed by atoms with E-state index in [0.29, 0.717) is 16.2 Å². The molecule has 1 unspecified atom stereocenters. The number of benzene rings is 2. The van der Waals surface area contributed by atoms with E-state index < -0.39 is 64.1 Å². The Morgan fingerprint density at radius 2 is 1.61 bits per heavy atom. The Labute approximate surface area is 301 Å². The molecule has 0 fully saturated rings. The molecule has 280 valence electrons. The Morgan fingerprint density at radius 1 is 0.961 bits per heavy atom. The zero-order chi connectivity index (χ0) is 38.4. The lowest BCUT2D eigenvalue weighted by molar-refractivity contribution is -0.149. The summed E-state index contributed by atoms with van der Waals surface area (Å²) in [5, 5.41) is 13.6. The molecule has 51 heavy (non-hydrogen) atoms. The molecule has 18 heteroatoms. The second-order valence-corrected chi connectivity index (χ2v) is 15.6. The minimum Gasteiger partial charge on any atom is -0.491 e. The molecule has 2 rings (SSSR count). The van der Waals surface area contributed by atoms with Crippen LogP contribution in [0.15, 0.2) is 58.5 Å². The molecule has 0 heterocycles. The summed E-state index contributed by atoms with van der Waals surface area (Å²) in [6.07, 6.45) is -2.68. The van der Waals surface area contributed by atoms with Crippen molar-refractivity contribution in [2.45, 2.75) is 88.8 Å². The number of rotatable bonds is 17. The number of ether oxygens (including phenoxy) is 4. The van der Waals surface area contributed by atoms with Gasteiger partial charge in [0, 0.05) is 16.4 Å². The summed E-state index contributed by atoms with van der Waals surface area (Å²) in [6.45, 7) is 10.5. The van der Waals surface area contributed by atoms with Crippen molar-refractivity contribution < 1.29 is 55.8 Å². The summed E-state index contributed by atoms with van der Waals surface area (Å²) >= 11 is 1.08. The Hall–Kier alpha value is -4.51. The number of azide groups is 1. The molecule has 0 aliphatic heterocycles. The molecule has 0 aliphatic rings. The van der Waals surface area contributed by atoms with Crippen LogP contribution in [0.5, 0.6) is 5.75 Å². The number of hydrogen-bond donors (Lipinski definition) is 1. The average Bonchev–Trinajstić information content (AvgIpc) is 3.00. The van der Waals surface area contributed by atoms with Gasteiger partial charge in [0.15, 0.2) is 0 Å². The van der Waals surface area contributed by atoms with Crippen LogP contribution in [0.3, 0.4) is 0 Å². The first kappa shape index (κ1) is 42.7. The molecule has 0 spiro atoms. The third-order valence-corrected chi connectivity index (χ3v) is 8.66. The number of carboxylic acids is 1. The van der Waals surface area contributed by atoms with Gasteiger partial charge >= 0.3 is 18.2 Å². The highest BCUT2D eigenvalue weighted by Crippen LogP contribution is 2.23. The highest BCUT2D eigenvalue weighted by Gasteiger charge is 2.40. The number of hydrogen-bond acceptors (Lipinski definition) is 13. The van der Waals surface area contributed by atoms with Crippen LogP contribution in [0.1, 0.15) is 59.1 Å². The lowest BCUT2D eigenvalue weighted by Crippen LogP contribution is -2.54. The fraction of sp³-hybridized carbons (Fsp3) is 0.515. The molecule has 2 aromatic carbocycles. The van der Waals surface area contributed by atoms with Crippen molar-refractivity contribution in [1.29, 1.82) is 0 Å². The van der Waals surface area contributed by atoms with E-state index in [-0.39, 0.29) is 36.0 Å². The number of carbonyl (C=O) groups is 4. The predicted molar refractivity (Wildman–Crippen MR) is 187 cm³/mol. The molecule has 0 radical (unpaired) electrons. The first-order valence-corrected chi connectivity index (χ1v) is 18.2. The van der Waals surface area contributed by atoms with Crippen LogP contribution in [0.2, 0.25) is 0 Å². The monoisotopic (exact) mass is 752 g/mol. The molecule has 16 nitrogen and oxygen atoms in total. The van der Waals surface area contributed by atoms with Crippen molar-refractivity contribution >= 4 is 46.0 Å². The topological polar surface area (TPSA) is 221 Å². The van der Waals surface area contributed by atoms with Gasteiger partial charge in [-0.1, -0.05) is 34.9 Å². The smallest absolute Gasteiger partial charge is 0.491 e. The van der Waals surface area contributed by atoms with E-state index in [2.05, 4.69) is 10.0 Å². The van der Waals surface area contributed by atoms with Gasteiger partial charge < -0.3 is 24.1 Å². The highest BCUT2D eigenvalue weighted by molar-refractivity contribution is 7.98. The summed E-state index contributed by atoms with van der Waals surface area (Å²) in [5.41, 5.74) is 8.75. The number of amides is 2. The Kier molecular flexibility index (Phi) is 16.1. The van der Waals surface area contributed by atoms with Gasteiger partial charge in [-0.25, -0.2) is 19.3 Å². The summed E-state index contributed by atoms with van der Waals surface area (Å²) in [4.78, 5) is 54.4. The Balaban J connectivity index is 2.11. The molecule has 2 atom stereocenters. The Bertz CT molecular complexity index is 1670. The van der Waals surface area contributed by atoms with Crippen LogP contribution < -0.4 is 4.74 Å². The van der Waals surface area contributed by atoms with Crippen molar-refractivity contribution in [2.24, 2.45) is 5.11 Å². The van der Waals surface area contributed by atoms with Gasteiger partial charge in [0.2, 0.25) is 5.91 Å². The zero-order valence-corrected chi connectivity index (χ0v) is 31.2. The van der Waals surface area contributed by atoms with Gasteiger partial charge in [-0.05, 0) is 90.2 Å². The van der Waals surface area contributed by atoms with Crippen molar-refractivity contribution in [3.05, 3.63) is 70.1 Å². The average molecular weight is 753 g/mol. The largest absolute Gasteiger partial charge is 0.508 e. The first-order chi connectivity index (χ1) is 23.7. The van der Waals surface area contributed by atoms with E-state index in [1.807, 2.05) is 6.92 Å². The molecule has 0 aromatic heterocycles. The number of carbonyl (C=O) groups excluding carboxylic acids is 3. The summed E-state index contributed by atoms with van der Waals surface area (Å²) in [5.74, 6) is -2.35. The van der Waals surface area contributed by atoms with Gasteiger partial charge in [-0.2, -0.15) is 20.2 Å². The maximum Gasteiger partial charge on any atom is 0.508 e.